The summed E-state index contributed by atoms with van der Waals surface area (Å²) in [6.07, 6.45) is 2.32. The van der Waals surface area contributed by atoms with Crippen LogP contribution in [0.5, 0.6) is 0 Å². The molecule has 2 N–H and O–H groups in total. The maximum atomic E-state index is 11.9. The molecule has 0 radical (unpaired) electrons. The van der Waals surface area contributed by atoms with E-state index in [1.165, 1.54) is 11.3 Å². The van der Waals surface area contributed by atoms with Crippen molar-refractivity contribution in [2.45, 2.75) is 24.5 Å². The molecule has 0 unspecified atom stereocenters. The van der Waals surface area contributed by atoms with E-state index in [1.54, 1.807) is 18.3 Å². The van der Waals surface area contributed by atoms with Crippen molar-refractivity contribution < 1.29 is 8.42 Å². The van der Waals surface area contributed by atoms with Gasteiger partial charge in [0.2, 0.25) is 10.0 Å². The third-order valence-corrected chi connectivity index (χ3v) is 5.38. The molecule has 0 atom stereocenters. The van der Waals surface area contributed by atoms with Crippen LogP contribution in [-0.2, 0) is 16.4 Å². The Balaban J connectivity index is 1.93. The highest BCUT2D eigenvalue weighted by Gasteiger charge is 2.15. The van der Waals surface area contributed by atoms with Crippen LogP contribution >= 0.6 is 11.3 Å². The molecule has 0 saturated heterocycles. The predicted octanol–water partition coefficient (Wildman–Crippen LogP) is 1.61. The van der Waals surface area contributed by atoms with Crippen LogP contribution in [-0.4, -0.2) is 24.9 Å². The fraction of sp³-hybridized carbons (Fsp3) is 0.364. The Morgan fingerprint density at radius 2 is 2.17 bits per heavy atom. The molecule has 0 saturated carbocycles. The molecule has 0 bridgehead atoms. The standard InChI is InChI=1S/C11H15N3O2S2/c1-8-3-4-11(17-8)18(15,16)13-6-5-10-7-12-9(2)14-10/h3-4,7,13H,5-6H2,1-2H3,(H,12,14). The molecule has 0 aromatic carbocycles. The Morgan fingerprint density at radius 3 is 2.72 bits per heavy atom. The molecular weight excluding hydrogens is 270 g/mol. The first-order valence-corrected chi connectivity index (χ1v) is 7.84. The molecule has 0 fully saturated rings. The summed E-state index contributed by atoms with van der Waals surface area (Å²) in [7, 11) is -3.37. The Kier molecular flexibility index (Phi) is 3.84. The minimum absolute atomic E-state index is 0.362. The number of sulfonamides is 1. The summed E-state index contributed by atoms with van der Waals surface area (Å²) in [4.78, 5) is 8.11. The summed E-state index contributed by atoms with van der Waals surface area (Å²) in [5.74, 6) is 0.835. The molecule has 98 valence electrons. The van der Waals surface area contributed by atoms with Crippen molar-refractivity contribution in [3.63, 3.8) is 0 Å². The third kappa shape index (κ3) is 3.18. The molecule has 5 nitrogen and oxygen atoms in total. The van der Waals surface area contributed by atoms with Gasteiger partial charge in [-0.25, -0.2) is 18.1 Å². The summed E-state index contributed by atoms with van der Waals surface area (Å²) >= 11 is 1.27. The first-order valence-electron chi connectivity index (χ1n) is 5.54. The number of aromatic amines is 1. The van der Waals surface area contributed by atoms with Crippen molar-refractivity contribution in [2.75, 3.05) is 6.54 Å². The van der Waals surface area contributed by atoms with Gasteiger partial charge >= 0.3 is 0 Å². The zero-order valence-electron chi connectivity index (χ0n) is 10.2. The summed E-state index contributed by atoms with van der Waals surface area (Å²) < 4.78 is 26.8. The molecule has 0 spiro atoms. The number of hydrogen-bond acceptors (Lipinski definition) is 4. The number of imidazole rings is 1. The molecule has 0 aliphatic heterocycles. The predicted molar refractivity (Wildman–Crippen MR) is 71.3 cm³/mol. The first kappa shape index (κ1) is 13.3. The first-order chi connectivity index (χ1) is 8.47. The lowest BCUT2D eigenvalue weighted by atomic mass is 10.3. The molecular formula is C11H15N3O2S2. The number of hydrogen-bond donors (Lipinski definition) is 2. The lowest BCUT2D eigenvalue weighted by Crippen LogP contribution is -2.25. The summed E-state index contributed by atoms with van der Waals surface area (Å²) in [5, 5.41) is 0. The van der Waals surface area contributed by atoms with Crippen LogP contribution < -0.4 is 4.72 Å². The minimum Gasteiger partial charge on any atom is -0.346 e. The van der Waals surface area contributed by atoms with Crippen molar-refractivity contribution in [1.82, 2.24) is 14.7 Å². The lowest BCUT2D eigenvalue weighted by Gasteiger charge is -2.03. The van der Waals surface area contributed by atoms with E-state index in [-0.39, 0.29) is 0 Å². The van der Waals surface area contributed by atoms with Crippen molar-refractivity contribution >= 4 is 21.4 Å². The lowest BCUT2D eigenvalue weighted by molar-refractivity contribution is 0.583. The number of nitrogens with zero attached hydrogens (tertiary/aromatic N) is 1. The monoisotopic (exact) mass is 285 g/mol. The average molecular weight is 285 g/mol. The van der Waals surface area contributed by atoms with Crippen LogP contribution in [0.2, 0.25) is 0 Å². The zero-order chi connectivity index (χ0) is 13.2. The number of rotatable bonds is 5. The largest absolute Gasteiger partial charge is 0.346 e. The molecule has 0 amide bonds. The normalized spacial score (nSPS) is 11.9. The third-order valence-electron chi connectivity index (χ3n) is 2.42. The van der Waals surface area contributed by atoms with Crippen LogP contribution in [0, 0.1) is 13.8 Å². The Hall–Kier alpha value is -1.18. The van der Waals surface area contributed by atoms with Gasteiger partial charge in [-0.3, -0.25) is 0 Å². The molecule has 2 aromatic heterocycles. The molecule has 0 aliphatic rings. The number of thiophene rings is 1. The van der Waals surface area contributed by atoms with Gasteiger partial charge in [0.1, 0.15) is 10.0 Å². The van der Waals surface area contributed by atoms with E-state index in [1.807, 2.05) is 13.8 Å². The van der Waals surface area contributed by atoms with Gasteiger partial charge < -0.3 is 4.98 Å². The van der Waals surface area contributed by atoms with E-state index >= 15 is 0 Å². The van der Waals surface area contributed by atoms with E-state index in [0.29, 0.717) is 17.2 Å². The van der Waals surface area contributed by atoms with Gasteiger partial charge in [0.05, 0.1) is 0 Å². The van der Waals surface area contributed by atoms with Gasteiger partial charge in [-0.2, -0.15) is 0 Å². The summed E-state index contributed by atoms with van der Waals surface area (Å²) in [6.45, 7) is 4.11. The fourth-order valence-corrected chi connectivity index (χ4v) is 3.91. The number of aryl methyl sites for hydroxylation is 2. The van der Waals surface area contributed by atoms with E-state index < -0.39 is 10.0 Å². The zero-order valence-corrected chi connectivity index (χ0v) is 11.9. The van der Waals surface area contributed by atoms with Crippen LogP contribution in [0.3, 0.4) is 0 Å². The molecule has 0 aliphatic carbocycles. The van der Waals surface area contributed by atoms with Crippen molar-refractivity contribution in [3.05, 3.63) is 34.7 Å². The SMILES string of the molecule is Cc1ncc(CCNS(=O)(=O)c2ccc(C)s2)[nH]1. The molecule has 2 heterocycles. The summed E-state index contributed by atoms with van der Waals surface area (Å²) in [5.41, 5.74) is 0.928. The molecule has 18 heavy (non-hydrogen) atoms. The van der Waals surface area contributed by atoms with Crippen molar-refractivity contribution in [3.8, 4) is 0 Å². The van der Waals surface area contributed by atoms with Crippen LogP contribution in [0.1, 0.15) is 16.4 Å². The van der Waals surface area contributed by atoms with E-state index in [2.05, 4.69) is 14.7 Å². The fourth-order valence-electron chi connectivity index (χ4n) is 1.55. The Morgan fingerprint density at radius 1 is 1.39 bits per heavy atom. The summed E-state index contributed by atoms with van der Waals surface area (Å²) in [6, 6.07) is 3.43. The van der Waals surface area contributed by atoms with Crippen molar-refractivity contribution in [1.29, 1.82) is 0 Å². The van der Waals surface area contributed by atoms with Gasteiger partial charge in [0, 0.05) is 29.7 Å². The van der Waals surface area contributed by atoms with Crippen LogP contribution in [0.25, 0.3) is 0 Å². The van der Waals surface area contributed by atoms with E-state index in [4.69, 9.17) is 0 Å². The van der Waals surface area contributed by atoms with Gasteiger partial charge in [-0.15, -0.1) is 11.3 Å². The Bertz CT molecular complexity index is 628. The maximum absolute atomic E-state index is 11.9. The molecule has 7 heteroatoms. The Labute approximate surface area is 110 Å². The minimum atomic E-state index is -3.37. The quantitative estimate of drug-likeness (QED) is 0.876. The van der Waals surface area contributed by atoms with Crippen molar-refractivity contribution in [2.24, 2.45) is 0 Å². The smallest absolute Gasteiger partial charge is 0.250 e. The van der Waals surface area contributed by atoms with Crippen LogP contribution in [0.15, 0.2) is 22.5 Å². The highest BCUT2D eigenvalue weighted by molar-refractivity contribution is 7.91. The van der Waals surface area contributed by atoms with Gasteiger partial charge in [0.25, 0.3) is 0 Å². The average Bonchev–Trinajstić information content (AvgIpc) is 2.88. The van der Waals surface area contributed by atoms with E-state index in [0.717, 1.165) is 16.4 Å². The molecule has 2 rings (SSSR count). The number of nitrogens with one attached hydrogen (secondary N) is 2. The van der Waals surface area contributed by atoms with Crippen LogP contribution in [0.4, 0.5) is 0 Å². The number of H-pyrrole nitrogens is 1. The number of aromatic nitrogens is 2. The highest BCUT2D eigenvalue weighted by Crippen LogP contribution is 2.20. The second-order valence-electron chi connectivity index (χ2n) is 4.01. The maximum Gasteiger partial charge on any atom is 0.250 e. The van der Waals surface area contributed by atoms with Gasteiger partial charge in [-0.05, 0) is 26.0 Å². The second kappa shape index (κ2) is 5.21. The van der Waals surface area contributed by atoms with E-state index in [9.17, 15) is 8.42 Å². The van der Waals surface area contributed by atoms with Gasteiger partial charge in [0.15, 0.2) is 0 Å². The van der Waals surface area contributed by atoms with Gasteiger partial charge in [-0.1, -0.05) is 0 Å². The molecule has 2 aromatic rings. The highest BCUT2D eigenvalue weighted by atomic mass is 32.2. The topological polar surface area (TPSA) is 74.8 Å². The second-order valence-corrected chi connectivity index (χ2v) is 7.29.